The van der Waals surface area contributed by atoms with Gasteiger partial charge in [-0.1, -0.05) is 13.8 Å². The van der Waals surface area contributed by atoms with Crippen molar-refractivity contribution in [2.75, 3.05) is 7.11 Å². The van der Waals surface area contributed by atoms with Gasteiger partial charge in [0.15, 0.2) is 0 Å². The van der Waals surface area contributed by atoms with Gasteiger partial charge >= 0.3 is 5.97 Å². The average molecular weight is 296 g/mol. The van der Waals surface area contributed by atoms with Crippen LogP contribution in [0.5, 0.6) is 0 Å². The summed E-state index contributed by atoms with van der Waals surface area (Å²) in [5.41, 5.74) is 0. The van der Waals surface area contributed by atoms with E-state index in [4.69, 9.17) is 6.42 Å². The van der Waals surface area contributed by atoms with Crippen molar-refractivity contribution in [3.05, 3.63) is 0 Å². The van der Waals surface area contributed by atoms with Gasteiger partial charge in [-0.05, 0) is 18.8 Å². The molecular formula is C15H24N2O4. The number of methoxy groups -OCH3 is 1. The van der Waals surface area contributed by atoms with E-state index >= 15 is 0 Å². The topological polar surface area (TPSA) is 84.5 Å². The van der Waals surface area contributed by atoms with E-state index in [9.17, 15) is 14.4 Å². The Kier molecular flexibility index (Phi) is 8.86. The quantitative estimate of drug-likeness (QED) is 0.390. The van der Waals surface area contributed by atoms with Gasteiger partial charge in [0, 0.05) is 13.3 Å². The number of terminal acetylenes is 1. The summed E-state index contributed by atoms with van der Waals surface area (Å²) < 4.78 is 4.67. The molecule has 0 saturated carbocycles. The van der Waals surface area contributed by atoms with Crippen LogP contribution in [0.15, 0.2) is 0 Å². The molecule has 0 aromatic rings. The molecule has 0 aromatic heterocycles. The van der Waals surface area contributed by atoms with Gasteiger partial charge in [0.05, 0.1) is 7.11 Å². The maximum absolute atomic E-state index is 12.2. The van der Waals surface area contributed by atoms with Gasteiger partial charge in [-0.25, -0.2) is 4.79 Å². The molecule has 0 aliphatic heterocycles. The van der Waals surface area contributed by atoms with Crippen molar-refractivity contribution in [3.63, 3.8) is 0 Å². The van der Waals surface area contributed by atoms with E-state index in [2.05, 4.69) is 21.3 Å². The molecule has 6 nitrogen and oxygen atoms in total. The molecule has 0 spiro atoms. The van der Waals surface area contributed by atoms with Crippen molar-refractivity contribution < 1.29 is 19.1 Å². The highest BCUT2D eigenvalue weighted by molar-refractivity contribution is 5.90. The maximum Gasteiger partial charge on any atom is 0.328 e. The number of hydrogen-bond donors (Lipinski definition) is 2. The lowest BCUT2D eigenvalue weighted by Gasteiger charge is -2.24. The molecule has 0 aliphatic rings. The minimum Gasteiger partial charge on any atom is -0.467 e. The first-order chi connectivity index (χ1) is 9.83. The number of nitrogens with one attached hydrogen (secondary N) is 2. The monoisotopic (exact) mass is 296 g/mol. The second-order valence-electron chi connectivity index (χ2n) is 5.10. The molecule has 6 heteroatoms. The highest BCUT2D eigenvalue weighted by Gasteiger charge is 2.28. The van der Waals surface area contributed by atoms with Gasteiger partial charge in [0.2, 0.25) is 11.8 Å². The fourth-order valence-electron chi connectivity index (χ4n) is 1.81. The SMILES string of the molecule is C#CCCC[C@H](NC(=O)[C@H](NC(C)=O)C(C)C)C(=O)OC. The zero-order valence-corrected chi connectivity index (χ0v) is 13.1. The largest absolute Gasteiger partial charge is 0.467 e. The van der Waals surface area contributed by atoms with E-state index in [0.29, 0.717) is 19.3 Å². The Morgan fingerprint density at radius 1 is 1.24 bits per heavy atom. The van der Waals surface area contributed by atoms with Gasteiger partial charge in [0.1, 0.15) is 12.1 Å². The average Bonchev–Trinajstić information content (AvgIpc) is 2.42. The molecule has 0 saturated heterocycles. The first-order valence-electron chi connectivity index (χ1n) is 6.92. The lowest BCUT2D eigenvalue weighted by atomic mass is 10.0. The number of ether oxygens (including phenoxy) is 1. The molecule has 0 aliphatic carbocycles. The van der Waals surface area contributed by atoms with Crippen LogP contribution in [0.1, 0.15) is 40.0 Å². The predicted molar refractivity (Wildman–Crippen MR) is 79.1 cm³/mol. The third-order valence-electron chi connectivity index (χ3n) is 2.92. The fraction of sp³-hybridized carbons (Fsp3) is 0.667. The lowest BCUT2D eigenvalue weighted by Crippen LogP contribution is -2.53. The number of carbonyl (C=O) groups excluding carboxylic acids is 3. The van der Waals surface area contributed by atoms with Crippen molar-refractivity contribution in [2.45, 2.75) is 52.1 Å². The van der Waals surface area contributed by atoms with E-state index < -0.39 is 24.0 Å². The number of hydrogen-bond acceptors (Lipinski definition) is 4. The molecule has 21 heavy (non-hydrogen) atoms. The van der Waals surface area contributed by atoms with Gasteiger partial charge in [-0.3, -0.25) is 9.59 Å². The van der Waals surface area contributed by atoms with Crippen LogP contribution in [-0.2, 0) is 19.1 Å². The fourth-order valence-corrected chi connectivity index (χ4v) is 1.81. The molecule has 118 valence electrons. The second kappa shape index (κ2) is 9.81. The van der Waals surface area contributed by atoms with E-state index in [1.807, 2.05) is 13.8 Å². The van der Waals surface area contributed by atoms with Crippen LogP contribution in [0.2, 0.25) is 0 Å². The molecule has 0 rings (SSSR count). The predicted octanol–water partition coefficient (Wildman–Crippen LogP) is 0.608. The lowest BCUT2D eigenvalue weighted by molar-refractivity contribution is -0.145. The summed E-state index contributed by atoms with van der Waals surface area (Å²) in [6.07, 6.45) is 6.68. The molecular weight excluding hydrogens is 272 g/mol. The van der Waals surface area contributed by atoms with Crippen LogP contribution < -0.4 is 10.6 Å². The van der Waals surface area contributed by atoms with Crippen LogP contribution in [0, 0.1) is 18.3 Å². The Balaban J connectivity index is 4.79. The third kappa shape index (κ3) is 7.35. The molecule has 0 fully saturated rings. The number of unbranched alkanes of at least 4 members (excludes halogenated alkanes) is 1. The zero-order valence-electron chi connectivity index (χ0n) is 13.1. The van der Waals surface area contributed by atoms with E-state index in [0.717, 1.165) is 0 Å². The van der Waals surface area contributed by atoms with Gasteiger partial charge < -0.3 is 15.4 Å². The summed E-state index contributed by atoms with van der Waals surface area (Å²) in [7, 11) is 1.26. The minimum atomic E-state index is -0.758. The highest BCUT2D eigenvalue weighted by atomic mass is 16.5. The smallest absolute Gasteiger partial charge is 0.328 e. The number of carbonyl (C=O) groups is 3. The Labute approximate surface area is 126 Å². The molecule has 0 unspecified atom stereocenters. The van der Waals surface area contributed by atoms with Crippen molar-refractivity contribution in [3.8, 4) is 12.3 Å². The van der Waals surface area contributed by atoms with E-state index in [1.165, 1.54) is 14.0 Å². The summed E-state index contributed by atoms with van der Waals surface area (Å²) in [5, 5.41) is 5.19. The summed E-state index contributed by atoms with van der Waals surface area (Å²) in [4.78, 5) is 35.0. The van der Waals surface area contributed by atoms with E-state index in [1.54, 1.807) is 0 Å². The van der Waals surface area contributed by atoms with Crippen molar-refractivity contribution in [1.29, 1.82) is 0 Å². The maximum atomic E-state index is 12.2. The molecule has 0 bridgehead atoms. The van der Waals surface area contributed by atoms with Crippen LogP contribution in [-0.4, -0.2) is 37.0 Å². The number of amides is 2. The first kappa shape index (κ1) is 19.0. The Morgan fingerprint density at radius 3 is 2.29 bits per heavy atom. The third-order valence-corrected chi connectivity index (χ3v) is 2.92. The van der Waals surface area contributed by atoms with Gasteiger partial charge in [0.25, 0.3) is 0 Å². The van der Waals surface area contributed by atoms with Gasteiger partial charge in [-0.15, -0.1) is 12.3 Å². The van der Waals surface area contributed by atoms with Crippen molar-refractivity contribution in [1.82, 2.24) is 10.6 Å². The normalized spacial score (nSPS) is 13.0. The van der Waals surface area contributed by atoms with Crippen LogP contribution in [0.3, 0.4) is 0 Å². The highest BCUT2D eigenvalue weighted by Crippen LogP contribution is 2.06. The zero-order chi connectivity index (χ0) is 16.4. The molecule has 2 N–H and O–H groups in total. The number of rotatable bonds is 8. The summed E-state index contributed by atoms with van der Waals surface area (Å²) in [6.45, 7) is 4.96. The van der Waals surface area contributed by atoms with Crippen molar-refractivity contribution in [2.24, 2.45) is 5.92 Å². The molecule has 2 amide bonds. The Bertz CT molecular complexity index is 412. The van der Waals surface area contributed by atoms with Crippen LogP contribution >= 0.6 is 0 Å². The van der Waals surface area contributed by atoms with Crippen molar-refractivity contribution >= 4 is 17.8 Å². The van der Waals surface area contributed by atoms with Crippen LogP contribution in [0.25, 0.3) is 0 Å². The standard InChI is InChI=1S/C15H24N2O4/c1-6-7-8-9-12(15(20)21-5)17-14(19)13(10(2)3)16-11(4)18/h1,10,12-13H,7-9H2,2-5H3,(H,16,18)(H,17,19)/t12-,13+/m0/s1. The van der Waals surface area contributed by atoms with Crippen LogP contribution in [0.4, 0.5) is 0 Å². The molecule has 0 aromatic carbocycles. The molecule has 0 heterocycles. The molecule has 0 radical (unpaired) electrons. The Morgan fingerprint density at radius 2 is 1.86 bits per heavy atom. The summed E-state index contributed by atoms with van der Waals surface area (Å²) in [5.74, 6) is 1.15. The summed E-state index contributed by atoms with van der Waals surface area (Å²) >= 11 is 0. The van der Waals surface area contributed by atoms with E-state index in [-0.39, 0.29) is 11.8 Å². The Hall–Kier alpha value is -2.03. The summed E-state index contributed by atoms with van der Waals surface area (Å²) in [6, 6.07) is -1.45. The van der Waals surface area contributed by atoms with Gasteiger partial charge in [-0.2, -0.15) is 0 Å². The minimum absolute atomic E-state index is 0.0992. The first-order valence-corrected chi connectivity index (χ1v) is 6.92. The second-order valence-corrected chi connectivity index (χ2v) is 5.10. The molecule has 2 atom stereocenters. The number of esters is 1.